The fourth-order valence-electron chi connectivity index (χ4n) is 3.85. The Morgan fingerprint density at radius 1 is 1.06 bits per heavy atom. The zero-order valence-corrected chi connectivity index (χ0v) is 19.8. The SMILES string of the molecule is COc1ccc(-c2csc(N3CCC(S(=O)(=O)c4ccc([N+](=O)[O-])cc4)CC3)n2)cc1OC. The summed E-state index contributed by atoms with van der Waals surface area (Å²) in [6.07, 6.45) is 0.926. The Labute approximate surface area is 195 Å². The molecule has 0 unspecified atom stereocenters. The number of anilines is 1. The van der Waals surface area contributed by atoms with E-state index in [4.69, 9.17) is 14.5 Å². The van der Waals surface area contributed by atoms with E-state index in [1.54, 1.807) is 14.2 Å². The topological polar surface area (TPSA) is 112 Å². The van der Waals surface area contributed by atoms with Gasteiger partial charge in [-0.3, -0.25) is 10.1 Å². The predicted octanol–water partition coefficient (Wildman–Crippen LogP) is 4.18. The van der Waals surface area contributed by atoms with Gasteiger partial charge in [-0.05, 0) is 43.2 Å². The highest BCUT2D eigenvalue weighted by Gasteiger charge is 2.32. The lowest BCUT2D eigenvalue weighted by molar-refractivity contribution is -0.384. The van der Waals surface area contributed by atoms with Crippen molar-refractivity contribution in [1.29, 1.82) is 0 Å². The minimum Gasteiger partial charge on any atom is -0.493 e. The van der Waals surface area contributed by atoms with Gasteiger partial charge < -0.3 is 14.4 Å². The summed E-state index contributed by atoms with van der Waals surface area (Å²) in [6.45, 7) is 1.13. The van der Waals surface area contributed by atoms with Crippen LogP contribution in [0.15, 0.2) is 52.7 Å². The lowest BCUT2D eigenvalue weighted by atomic mass is 10.1. The molecule has 1 aliphatic heterocycles. The number of thiazole rings is 1. The van der Waals surface area contributed by atoms with Crippen LogP contribution in [0.25, 0.3) is 11.3 Å². The van der Waals surface area contributed by atoms with Gasteiger partial charge in [0.05, 0.1) is 35.0 Å². The Balaban J connectivity index is 1.44. The summed E-state index contributed by atoms with van der Waals surface area (Å²) in [5, 5.41) is 13.1. The number of methoxy groups -OCH3 is 2. The second kappa shape index (κ2) is 9.36. The Morgan fingerprint density at radius 2 is 1.73 bits per heavy atom. The monoisotopic (exact) mass is 489 g/mol. The van der Waals surface area contributed by atoms with Gasteiger partial charge in [-0.2, -0.15) is 0 Å². The second-order valence-electron chi connectivity index (χ2n) is 7.57. The number of aromatic nitrogens is 1. The van der Waals surface area contributed by atoms with Gasteiger partial charge in [0.25, 0.3) is 5.69 Å². The molecule has 0 radical (unpaired) electrons. The van der Waals surface area contributed by atoms with Crippen LogP contribution >= 0.6 is 11.3 Å². The van der Waals surface area contributed by atoms with Crippen molar-refractivity contribution in [1.82, 2.24) is 4.98 Å². The third-order valence-electron chi connectivity index (χ3n) is 5.70. The summed E-state index contributed by atoms with van der Waals surface area (Å²) < 4.78 is 36.6. The average molecular weight is 490 g/mol. The number of non-ortho nitro benzene ring substituents is 1. The first kappa shape index (κ1) is 23.0. The maximum Gasteiger partial charge on any atom is 0.269 e. The van der Waals surface area contributed by atoms with Gasteiger partial charge in [0.1, 0.15) is 0 Å². The molecule has 0 amide bonds. The first-order valence-electron chi connectivity index (χ1n) is 10.2. The van der Waals surface area contributed by atoms with E-state index in [2.05, 4.69) is 4.90 Å². The van der Waals surface area contributed by atoms with Crippen molar-refractivity contribution in [3.63, 3.8) is 0 Å². The molecule has 1 fully saturated rings. The Kier molecular flexibility index (Phi) is 6.52. The van der Waals surface area contributed by atoms with Crippen LogP contribution in [-0.4, -0.2) is 50.9 Å². The van der Waals surface area contributed by atoms with Gasteiger partial charge in [-0.1, -0.05) is 0 Å². The molecule has 2 aromatic carbocycles. The van der Waals surface area contributed by atoms with Gasteiger partial charge >= 0.3 is 0 Å². The summed E-state index contributed by atoms with van der Waals surface area (Å²) in [6, 6.07) is 10.7. The van der Waals surface area contributed by atoms with Crippen molar-refractivity contribution in [2.24, 2.45) is 0 Å². The molecule has 4 rings (SSSR count). The summed E-state index contributed by atoms with van der Waals surface area (Å²) in [4.78, 5) is 17.2. The van der Waals surface area contributed by atoms with Gasteiger partial charge in [0.2, 0.25) is 0 Å². The minimum atomic E-state index is -3.55. The molecule has 0 aliphatic carbocycles. The molecule has 1 aromatic heterocycles. The number of ether oxygens (including phenoxy) is 2. The summed E-state index contributed by atoms with van der Waals surface area (Å²) >= 11 is 1.51. The van der Waals surface area contributed by atoms with E-state index >= 15 is 0 Å². The van der Waals surface area contributed by atoms with Gasteiger partial charge in [-0.25, -0.2) is 13.4 Å². The standard InChI is InChI=1S/C22H23N3O6S2/c1-30-20-8-3-15(13-21(20)31-2)19-14-32-22(23-19)24-11-9-18(10-12-24)33(28,29)17-6-4-16(5-7-17)25(26)27/h3-8,13-14,18H,9-12H2,1-2H3. The number of nitro benzene ring substituents is 1. The van der Waals surface area contributed by atoms with Crippen LogP contribution in [0.1, 0.15) is 12.8 Å². The quantitative estimate of drug-likeness (QED) is 0.359. The summed E-state index contributed by atoms with van der Waals surface area (Å²) in [7, 11) is -0.381. The van der Waals surface area contributed by atoms with E-state index in [9.17, 15) is 18.5 Å². The minimum absolute atomic E-state index is 0.122. The van der Waals surface area contributed by atoms with Crippen LogP contribution in [0.5, 0.6) is 11.5 Å². The predicted molar refractivity (Wildman–Crippen MR) is 126 cm³/mol. The number of piperidine rings is 1. The third-order valence-corrected chi connectivity index (χ3v) is 8.88. The van der Waals surface area contributed by atoms with Crippen LogP contribution < -0.4 is 14.4 Å². The first-order valence-corrected chi connectivity index (χ1v) is 12.7. The van der Waals surface area contributed by atoms with Crippen LogP contribution in [0.2, 0.25) is 0 Å². The molecule has 33 heavy (non-hydrogen) atoms. The highest BCUT2D eigenvalue weighted by atomic mass is 32.2. The Morgan fingerprint density at radius 3 is 2.33 bits per heavy atom. The average Bonchev–Trinajstić information content (AvgIpc) is 3.34. The number of nitro groups is 1. The normalized spacial score (nSPS) is 14.8. The molecule has 2 heterocycles. The first-order chi connectivity index (χ1) is 15.8. The molecule has 0 spiro atoms. The maximum absolute atomic E-state index is 13.0. The van der Waals surface area contributed by atoms with E-state index in [0.29, 0.717) is 37.4 Å². The van der Waals surface area contributed by atoms with Crippen molar-refractivity contribution in [3.05, 3.63) is 58.0 Å². The number of sulfone groups is 1. The highest BCUT2D eigenvalue weighted by molar-refractivity contribution is 7.92. The van der Waals surface area contributed by atoms with E-state index in [1.807, 2.05) is 23.6 Å². The van der Waals surface area contributed by atoms with E-state index < -0.39 is 20.0 Å². The van der Waals surface area contributed by atoms with Crippen LogP contribution in [-0.2, 0) is 9.84 Å². The van der Waals surface area contributed by atoms with E-state index in [-0.39, 0.29) is 10.6 Å². The molecule has 174 valence electrons. The Hall–Kier alpha value is -3.18. The molecule has 0 saturated carbocycles. The Bertz CT molecular complexity index is 1250. The van der Waals surface area contributed by atoms with Crippen LogP contribution in [0.4, 0.5) is 10.8 Å². The molecule has 1 saturated heterocycles. The fraction of sp³-hybridized carbons (Fsp3) is 0.318. The van der Waals surface area contributed by atoms with Crippen LogP contribution in [0.3, 0.4) is 0 Å². The van der Waals surface area contributed by atoms with E-state index in [0.717, 1.165) is 16.4 Å². The molecule has 0 atom stereocenters. The molecule has 0 bridgehead atoms. The lowest BCUT2D eigenvalue weighted by Gasteiger charge is -2.31. The molecule has 11 heteroatoms. The second-order valence-corrected chi connectivity index (χ2v) is 10.6. The molecule has 1 aliphatic rings. The highest BCUT2D eigenvalue weighted by Crippen LogP contribution is 2.35. The molecular weight excluding hydrogens is 466 g/mol. The molecule has 0 N–H and O–H groups in total. The van der Waals surface area contributed by atoms with Crippen LogP contribution in [0, 0.1) is 10.1 Å². The van der Waals surface area contributed by atoms with E-state index in [1.165, 1.54) is 35.6 Å². The number of rotatable bonds is 7. The molecule has 9 nitrogen and oxygen atoms in total. The van der Waals surface area contributed by atoms with Gasteiger partial charge in [-0.15, -0.1) is 11.3 Å². The van der Waals surface area contributed by atoms with Crippen molar-refractivity contribution in [2.75, 3.05) is 32.2 Å². The van der Waals surface area contributed by atoms with Crippen molar-refractivity contribution >= 4 is 32.0 Å². The maximum atomic E-state index is 13.0. The number of hydrogen-bond acceptors (Lipinski definition) is 9. The third kappa shape index (κ3) is 4.64. The van der Waals surface area contributed by atoms with Crippen molar-refractivity contribution in [2.45, 2.75) is 23.0 Å². The number of hydrogen-bond donors (Lipinski definition) is 0. The fourth-order valence-corrected chi connectivity index (χ4v) is 6.47. The summed E-state index contributed by atoms with van der Waals surface area (Å²) in [5.74, 6) is 1.27. The largest absolute Gasteiger partial charge is 0.493 e. The van der Waals surface area contributed by atoms with Gasteiger partial charge in [0, 0.05) is 36.2 Å². The summed E-state index contributed by atoms with van der Waals surface area (Å²) in [5.41, 5.74) is 1.60. The van der Waals surface area contributed by atoms with Crippen molar-refractivity contribution < 1.29 is 22.8 Å². The molecule has 3 aromatic rings. The van der Waals surface area contributed by atoms with Gasteiger partial charge in [0.15, 0.2) is 26.5 Å². The number of benzene rings is 2. The van der Waals surface area contributed by atoms with Crippen molar-refractivity contribution in [3.8, 4) is 22.8 Å². The number of nitrogens with zero attached hydrogens (tertiary/aromatic N) is 3. The molecular formula is C22H23N3O6S2. The zero-order chi connectivity index (χ0) is 23.6. The zero-order valence-electron chi connectivity index (χ0n) is 18.1. The smallest absolute Gasteiger partial charge is 0.269 e. The lowest BCUT2D eigenvalue weighted by Crippen LogP contribution is -2.39.